The molecule has 1 aromatic rings. The molecule has 21 heavy (non-hydrogen) atoms. The maximum atomic E-state index is 12.6. The van der Waals surface area contributed by atoms with Crippen molar-refractivity contribution in [3.05, 3.63) is 23.8 Å². The molecule has 2 N–H and O–H groups in total. The zero-order chi connectivity index (χ0) is 16.2. The Bertz CT molecular complexity index is 611. The zero-order valence-corrected chi connectivity index (χ0v) is 13.6. The van der Waals surface area contributed by atoms with E-state index in [-0.39, 0.29) is 16.1 Å². The molecule has 0 atom stereocenters. The molecule has 118 valence electrons. The number of anilines is 1. The monoisotopic (exact) mass is 314 g/mol. The Morgan fingerprint density at radius 2 is 2.00 bits per heavy atom. The normalized spacial score (nSPS) is 11.9. The molecule has 0 bridgehead atoms. The fraction of sp³-hybridized carbons (Fsp3) is 0.500. The average molecular weight is 314 g/mol. The third-order valence-corrected chi connectivity index (χ3v) is 5.02. The van der Waals surface area contributed by atoms with Crippen LogP contribution in [0.5, 0.6) is 0 Å². The molecule has 0 radical (unpaired) electrons. The molecule has 0 fully saturated rings. The second kappa shape index (κ2) is 6.91. The molecule has 6 nitrogen and oxygen atoms in total. The summed E-state index contributed by atoms with van der Waals surface area (Å²) in [6.45, 7) is 4.40. The van der Waals surface area contributed by atoms with Crippen molar-refractivity contribution in [3.8, 4) is 0 Å². The van der Waals surface area contributed by atoms with E-state index in [9.17, 15) is 13.2 Å². The maximum absolute atomic E-state index is 12.6. The standard InChI is InChI=1S/C14H22N2O4S/c1-10(2)7-8-16(3)21(18,19)13-9-11(15)5-6-12(13)14(17)20-4/h5-6,9-10H,7-8,15H2,1-4H3. The zero-order valence-electron chi connectivity index (χ0n) is 12.8. The molecule has 0 aliphatic heterocycles. The van der Waals surface area contributed by atoms with Crippen molar-refractivity contribution in [1.29, 1.82) is 0 Å². The molecular formula is C14H22N2O4S. The first kappa shape index (κ1) is 17.5. The predicted octanol–water partition coefficient (Wildman–Crippen LogP) is 1.72. The third-order valence-electron chi connectivity index (χ3n) is 3.12. The number of nitrogens with two attached hydrogens (primary N) is 1. The van der Waals surface area contributed by atoms with E-state index in [0.29, 0.717) is 12.5 Å². The van der Waals surface area contributed by atoms with Crippen LogP contribution >= 0.6 is 0 Å². The fourth-order valence-corrected chi connectivity index (χ4v) is 3.15. The summed E-state index contributed by atoms with van der Waals surface area (Å²) in [5, 5.41) is 0. The number of nitrogen functional groups attached to an aromatic ring is 1. The van der Waals surface area contributed by atoms with Crippen molar-refractivity contribution in [2.45, 2.75) is 25.2 Å². The molecule has 0 aliphatic carbocycles. The summed E-state index contributed by atoms with van der Waals surface area (Å²) in [4.78, 5) is 11.6. The van der Waals surface area contributed by atoms with Gasteiger partial charge in [-0.25, -0.2) is 17.5 Å². The average Bonchev–Trinajstić information content (AvgIpc) is 2.43. The molecule has 1 aromatic carbocycles. The Hall–Kier alpha value is -1.60. The van der Waals surface area contributed by atoms with Gasteiger partial charge >= 0.3 is 5.97 Å². The van der Waals surface area contributed by atoms with Gasteiger partial charge in [-0.15, -0.1) is 0 Å². The van der Waals surface area contributed by atoms with Gasteiger partial charge in [0.15, 0.2) is 0 Å². The molecule has 0 saturated carbocycles. The Labute approximate surface area is 125 Å². The van der Waals surface area contributed by atoms with Gasteiger partial charge in [-0.1, -0.05) is 13.8 Å². The van der Waals surface area contributed by atoms with E-state index >= 15 is 0 Å². The molecule has 0 aromatic heterocycles. The van der Waals surface area contributed by atoms with Crippen LogP contribution in [0.3, 0.4) is 0 Å². The van der Waals surface area contributed by atoms with Crippen molar-refractivity contribution < 1.29 is 17.9 Å². The molecule has 0 spiro atoms. The number of hydrogen-bond donors (Lipinski definition) is 1. The van der Waals surface area contributed by atoms with E-state index < -0.39 is 16.0 Å². The van der Waals surface area contributed by atoms with Crippen LogP contribution in [0.4, 0.5) is 5.69 Å². The Balaban J connectivity index is 3.23. The highest BCUT2D eigenvalue weighted by molar-refractivity contribution is 7.89. The predicted molar refractivity (Wildman–Crippen MR) is 81.5 cm³/mol. The van der Waals surface area contributed by atoms with Crippen LogP contribution in [0.1, 0.15) is 30.6 Å². The van der Waals surface area contributed by atoms with Gasteiger partial charge < -0.3 is 10.5 Å². The van der Waals surface area contributed by atoms with E-state index in [1.54, 1.807) is 0 Å². The summed E-state index contributed by atoms with van der Waals surface area (Å²) in [6, 6.07) is 4.12. The summed E-state index contributed by atoms with van der Waals surface area (Å²) in [5.74, 6) is -0.325. The highest BCUT2D eigenvalue weighted by Crippen LogP contribution is 2.23. The molecule has 0 heterocycles. The van der Waals surface area contributed by atoms with Crippen molar-refractivity contribution in [2.24, 2.45) is 5.92 Å². The summed E-state index contributed by atoms with van der Waals surface area (Å²) < 4.78 is 31.1. The lowest BCUT2D eigenvalue weighted by atomic mass is 10.1. The summed E-state index contributed by atoms with van der Waals surface area (Å²) in [7, 11) is -1.10. The number of sulfonamides is 1. The first-order valence-corrected chi connectivity index (χ1v) is 8.08. The minimum atomic E-state index is -3.79. The van der Waals surface area contributed by atoms with Crippen LogP contribution in [0.2, 0.25) is 0 Å². The largest absolute Gasteiger partial charge is 0.465 e. The summed E-state index contributed by atoms with van der Waals surface area (Å²) in [6.07, 6.45) is 0.728. The molecule has 0 saturated heterocycles. The van der Waals surface area contributed by atoms with Gasteiger partial charge in [0.05, 0.1) is 17.6 Å². The van der Waals surface area contributed by atoms with Gasteiger partial charge in [0, 0.05) is 19.3 Å². The molecule has 7 heteroatoms. The number of hydrogen-bond acceptors (Lipinski definition) is 5. The van der Waals surface area contributed by atoms with Crippen LogP contribution in [-0.2, 0) is 14.8 Å². The smallest absolute Gasteiger partial charge is 0.339 e. The molecule has 0 unspecified atom stereocenters. The van der Waals surface area contributed by atoms with Crippen LogP contribution < -0.4 is 5.73 Å². The second-order valence-electron chi connectivity index (χ2n) is 5.26. The number of methoxy groups -OCH3 is 1. The van der Waals surface area contributed by atoms with E-state index in [2.05, 4.69) is 4.74 Å². The van der Waals surface area contributed by atoms with Gasteiger partial charge in [0.2, 0.25) is 10.0 Å². The lowest BCUT2D eigenvalue weighted by molar-refractivity contribution is 0.0596. The molecular weight excluding hydrogens is 292 g/mol. The summed E-state index contributed by atoms with van der Waals surface area (Å²) >= 11 is 0. The molecule has 0 amide bonds. The topological polar surface area (TPSA) is 89.7 Å². The first-order valence-electron chi connectivity index (χ1n) is 6.64. The van der Waals surface area contributed by atoms with Crippen LogP contribution in [0.25, 0.3) is 0 Å². The highest BCUT2D eigenvalue weighted by Gasteiger charge is 2.27. The number of ether oxygens (including phenoxy) is 1. The minimum absolute atomic E-state index is 0.0110. The number of carbonyl (C=O) groups excluding carboxylic acids is 1. The quantitative estimate of drug-likeness (QED) is 0.638. The number of carbonyl (C=O) groups is 1. The number of esters is 1. The van der Waals surface area contributed by atoms with Gasteiger partial charge in [0.1, 0.15) is 0 Å². The van der Waals surface area contributed by atoms with E-state index in [4.69, 9.17) is 5.73 Å². The number of benzene rings is 1. The SMILES string of the molecule is COC(=O)c1ccc(N)cc1S(=O)(=O)N(C)CCC(C)C. The van der Waals surface area contributed by atoms with Crippen molar-refractivity contribution in [3.63, 3.8) is 0 Å². The first-order chi connectivity index (χ1) is 9.70. The van der Waals surface area contributed by atoms with E-state index in [1.165, 1.54) is 36.7 Å². The van der Waals surface area contributed by atoms with E-state index in [1.807, 2.05) is 13.8 Å². The van der Waals surface area contributed by atoms with E-state index in [0.717, 1.165) is 6.42 Å². The maximum Gasteiger partial charge on any atom is 0.339 e. The fourth-order valence-electron chi connectivity index (χ4n) is 1.76. The molecule has 0 aliphatic rings. The summed E-state index contributed by atoms with van der Waals surface area (Å²) in [5.41, 5.74) is 5.92. The van der Waals surface area contributed by atoms with Gasteiger partial charge in [-0.2, -0.15) is 0 Å². The second-order valence-corrected chi connectivity index (χ2v) is 7.27. The minimum Gasteiger partial charge on any atom is -0.465 e. The third kappa shape index (κ3) is 4.18. The lowest BCUT2D eigenvalue weighted by Gasteiger charge is -2.20. The number of nitrogens with zero attached hydrogens (tertiary/aromatic N) is 1. The van der Waals surface area contributed by atoms with Crippen molar-refractivity contribution in [2.75, 3.05) is 26.4 Å². The van der Waals surface area contributed by atoms with Crippen molar-refractivity contribution >= 4 is 21.7 Å². The van der Waals surface area contributed by atoms with Crippen molar-refractivity contribution in [1.82, 2.24) is 4.31 Å². The van der Waals surface area contributed by atoms with Crippen LogP contribution in [0, 0.1) is 5.92 Å². The highest BCUT2D eigenvalue weighted by atomic mass is 32.2. The Kier molecular flexibility index (Phi) is 5.74. The van der Waals surface area contributed by atoms with Gasteiger partial charge in [0.25, 0.3) is 0 Å². The van der Waals surface area contributed by atoms with Crippen LogP contribution in [-0.4, -0.2) is 39.4 Å². The molecule has 1 rings (SSSR count). The Morgan fingerprint density at radius 1 is 1.38 bits per heavy atom. The van der Waals surface area contributed by atoms with Crippen LogP contribution in [0.15, 0.2) is 23.1 Å². The van der Waals surface area contributed by atoms with Gasteiger partial charge in [-0.05, 0) is 30.5 Å². The van der Waals surface area contributed by atoms with Gasteiger partial charge in [-0.3, -0.25) is 0 Å². The lowest BCUT2D eigenvalue weighted by Crippen LogP contribution is -2.30. The Morgan fingerprint density at radius 3 is 2.52 bits per heavy atom. The number of rotatable bonds is 6.